The van der Waals surface area contributed by atoms with Crippen molar-refractivity contribution in [2.75, 3.05) is 26.2 Å². The van der Waals surface area contributed by atoms with Crippen LogP contribution in [0, 0.1) is 5.92 Å². The van der Waals surface area contributed by atoms with Crippen molar-refractivity contribution in [3.8, 4) is 0 Å². The lowest BCUT2D eigenvalue weighted by Gasteiger charge is -2.28. The van der Waals surface area contributed by atoms with E-state index in [-0.39, 0.29) is 0 Å². The SMILES string of the molecule is CCN(Cc1nc(C(C)C)no1)CC1CCCNC1. The van der Waals surface area contributed by atoms with Gasteiger partial charge in [-0.3, -0.25) is 4.90 Å². The van der Waals surface area contributed by atoms with E-state index in [0.717, 1.165) is 43.8 Å². The fourth-order valence-electron chi connectivity index (χ4n) is 2.51. The molecule has 0 bridgehead atoms. The normalized spacial score (nSPS) is 20.4. The van der Waals surface area contributed by atoms with Crippen molar-refractivity contribution in [3.05, 3.63) is 11.7 Å². The van der Waals surface area contributed by atoms with Crippen LogP contribution < -0.4 is 5.32 Å². The van der Waals surface area contributed by atoms with E-state index in [0.29, 0.717) is 5.92 Å². The van der Waals surface area contributed by atoms with Crippen LogP contribution >= 0.6 is 0 Å². The lowest BCUT2D eigenvalue weighted by atomic mass is 9.99. The van der Waals surface area contributed by atoms with Gasteiger partial charge in [-0.2, -0.15) is 4.98 Å². The summed E-state index contributed by atoms with van der Waals surface area (Å²) in [6, 6.07) is 0. The molecule has 1 aromatic heterocycles. The van der Waals surface area contributed by atoms with Gasteiger partial charge in [-0.25, -0.2) is 0 Å². The fourth-order valence-corrected chi connectivity index (χ4v) is 2.51. The molecule has 1 aliphatic rings. The first kappa shape index (κ1) is 14.5. The number of hydrogen-bond acceptors (Lipinski definition) is 5. The van der Waals surface area contributed by atoms with E-state index in [2.05, 4.69) is 41.1 Å². The third-order valence-corrected chi connectivity index (χ3v) is 3.72. The van der Waals surface area contributed by atoms with Crippen LogP contribution in [0.15, 0.2) is 4.52 Å². The Morgan fingerprint density at radius 2 is 2.32 bits per heavy atom. The van der Waals surface area contributed by atoms with Gasteiger partial charge in [0, 0.05) is 12.5 Å². The van der Waals surface area contributed by atoms with Gasteiger partial charge in [0.05, 0.1) is 6.54 Å². The van der Waals surface area contributed by atoms with Crippen LogP contribution in [0.3, 0.4) is 0 Å². The summed E-state index contributed by atoms with van der Waals surface area (Å²) in [7, 11) is 0. The molecule has 0 aromatic carbocycles. The smallest absolute Gasteiger partial charge is 0.240 e. The standard InChI is InChI=1S/C14H26N4O/c1-4-18(9-12-6-5-7-15-8-12)10-13-16-14(11(2)3)17-19-13/h11-12,15H,4-10H2,1-3H3. The van der Waals surface area contributed by atoms with Crippen molar-refractivity contribution in [2.24, 2.45) is 5.92 Å². The Balaban J connectivity index is 1.86. The molecule has 1 atom stereocenters. The number of nitrogens with zero attached hydrogens (tertiary/aromatic N) is 3. The highest BCUT2D eigenvalue weighted by Gasteiger charge is 2.18. The molecule has 1 aromatic rings. The van der Waals surface area contributed by atoms with Gasteiger partial charge in [-0.05, 0) is 38.4 Å². The summed E-state index contributed by atoms with van der Waals surface area (Å²) in [4.78, 5) is 6.85. The van der Waals surface area contributed by atoms with Gasteiger partial charge in [0.1, 0.15) is 0 Å². The molecular weight excluding hydrogens is 240 g/mol. The molecule has 1 fully saturated rings. The zero-order valence-corrected chi connectivity index (χ0v) is 12.4. The van der Waals surface area contributed by atoms with Gasteiger partial charge in [0.15, 0.2) is 5.82 Å². The second-order valence-electron chi connectivity index (χ2n) is 5.74. The van der Waals surface area contributed by atoms with Gasteiger partial charge in [-0.1, -0.05) is 25.9 Å². The van der Waals surface area contributed by atoms with Crippen LogP contribution in [-0.2, 0) is 6.54 Å². The van der Waals surface area contributed by atoms with Crippen molar-refractivity contribution in [2.45, 2.75) is 46.1 Å². The zero-order chi connectivity index (χ0) is 13.7. The van der Waals surface area contributed by atoms with E-state index >= 15 is 0 Å². The molecule has 0 saturated carbocycles. The average Bonchev–Trinajstić information content (AvgIpc) is 2.88. The molecule has 2 rings (SSSR count). The molecule has 0 spiro atoms. The van der Waals surface area contributed by atoms with E-state index in [9.17, 15) is 0 Å². The Morgan fingerprint density at radius 3 is 2.89 bits per heavy atom. The second-order valence-corrected chi connectivity index (χ2v) is 5.74. The Bertz CT molecular complexity index is 371. The quantitative estimate of drug-likeness (QED) is 0.853. The maximum Gasteiger partial charge on any atom is 0.240 e. The lowest BCUT2D eigenvalue weighted by molar-refractivity contribution is 0.187. The zero-order valence-electron chi connectivity index (χ0n) is 12.4. The van der Waals surface area contributed by atoms with Crippen LogP contribution in [0.5, 0.6) is 0 Å². The van der Waals surface area contributed by atoms with Crippen LogP contribution in [-0.4, -0.2) is 41.2 Å². The van der Waals surface area contributed by atoms with Gasteiger partial charge >= 0.3 is 0 Å². The van der Waals surface area contributed by atoms with Crippen molar-refractivity contribution in [3.63, 3.8) is 0 Å². The molecular formula is C14H26N4O. The predicted molar refractivity (Wildman–Crippen MR) is 74.9 cm³/mol. The van der Waals surface area contributed by atoms with E-state index in [1.807, 2.05) is 0 Å². The molecule has 1 N–H and O–H groups in total. The number of hydrogen-bond donors (Lipinski definition) is 1. The van der Waals surface area contributed by atoms with Crippen LogP contribution in [0.2, 0.25) is 0 Å². The topological polar surface area (TPSA) is 54.2 Å². The maximum atomic E-state index is 5.33. The highest BCUT2D eigenvalue weighted by Crippen LogP contribution is 2.15. The van der Waals surface area contributed by atoms with E-state index in [4.69, 9.17) is 4.52 Å². The summed E-state index contributed by atoms with van der Waals surface area (Å²) in [5, 5.41) is 7.49. The fraction of sp³-hybridized carbons (Fsp3) is 0.857. The molecule has 2 heterocycles. The molecule has 5 nitrogen and oxygen atoms in total. The minimum absolute atomic E-state index is 0.329. The van der Waals surface area contributed by atoms with Gasteiger partial charge in [-0.15, -0.1) is 0 Å². The maximum absolute atomic E-state index is 5.33. The minimum Gasteiger partial charge on any atom is -0.338 e. The first-order valence-corrected chi connectivity index (χ1v) is 7.44. The van der Waals surface area contributed by atoms with Crippen molar-refractivity contribution in [1.29, 1.82) is 0 Å². The number of nitrogens with one attached hydrogen (secondary N) is 1. The van der Waals surface area contributed by atoms with E-state index < -0.39 is 0 Å². The van der Waals surface area contributed by atoms with Crippen molar-refractivity contribution in [1.82, 2.24) is 20.4 Å². The first-order valence-electron chi connectivity index (χ1n) is 7.44. The first-order chi connectivity index (χ1) is 9.19. The average molecular weight is 266 g/mol. The molecule has 108 valence electrons. The Morgan fingerprint density at radius 1 is 1.47 bits per heavy atom. The summed E-state index contributed by atoms with van der Waals surface area (Å²) < 4.78 is 5.33. The molecule has 1 saturated heterocycles. The van der Waals surface area contributed by atoms with E-state index in [1.165, 1.54) is 19.4 Å². The predicted octanol–water partition coefficient (Wildman–Crippen LogP) is 2.01. The van der Waals surface area contributed by atoms with Crippen LogP contribution in [0.4, 0.5) is 0 Å². The molecule has 0 amide bonds. The van der Waals surface area contributed by atoms with Crippen LogP contribution in [0.1, 0.15) is 51.2 Å². The Labute approximate surface area is 115 Å². The molecule has 0 radical (unpaired) electrons. The Kier molecular flexibility index (Phi) is 5.34. The largest absolute Gasteiger partial charge is 0.338 e. The molecule has 1 aliphatic heterocycles. The molecule has 5 heteroatoms. The van der Waals surface area contributed by atoms with E-state index in [1.54, 1.807) is 0 Å². The third kappa shape index (κ3) is 4.28. The highest BCUT2D eigenvalue weighted by molar-refractivity contribution is 4.91. The Hall–Kier alpha value is -0.940. The monoisotopic (exact) mass is 266 g/mol. The summed E-state index contributed by atoms with van der Waals surface area (Å²) in [5.74, 6) is 2.64. The summed E-state index contributed by atoms with van der Waals surface area (Å²) in [6.45, 7) is 11.6. The minimum atomic E-state index is 0.329. The third-order valence-electron chi connectivity index (χ3n) is 3.72. The highest BCUT2D eigenvalue weighted by atomic mass is 16.5. The summed E-state index contributed by atoms with van der Waals surface area (Å²) in [5.41, 5.74) is 0. The summed E-state index contributed by atoms with van der Waals surface area (Å²) in [6.07, 6.45) is 2.62. The van der Waals surface area contributed by atoms with Crippen molar-refractivity contribution >= 4 is 0 Å². The second kappa shape index (κ2) is 7.01. The lowest BCUT2D eigenvalue weighted by Crippen LogP contribution is -2.38. The van der Waals surface area contributed by atoms with Crippen LogP contribution in [0.25, 0.3) is 0 Å². The van der Waals surface area contributed by atoms with Gasteiger partial charge < -0.3 is 9.84 Å². The van der Waals surface area contributed by atoms with Crippen molar-refractivity contribution < 1.29 is 4.52 Å². The van der Waals surface area contributed by atoms with Gasteiger partial charge in [0.2, 0.25) is 5.89 Å². The number of rotatable bonds is 6. The van der Waals surface area contributed by atoms with Gasteiger partial charge in [0.25, 0.3) is 0 Å². The molecule has 0 aliphatic carbocycles. The summed E-state index contributed by atoms with van der Waals surface area (Å²) >= 11 is 0. The molecule has 1 unspecified atom stereocenters. The number of aromatic nitrogens is 2. The molecule has 19 heavy (non-hydrogen) atoms. The number of piperidine rings is 1.